The molecule has 1 aliphatic carbocycles. The van der Waals surface area contributed by atoms with Gasteiger partial charge in [-0.05, 0) is 31.0 Å². The van der Waals surface area contributed by atoms with E-state index in [0.29, 0.717) is 12.5 Å². The summed E-state index contributed by atoms with van der Waals surface area (Å²) in [6.07, 6.45) is 2.40. The van der Waals surface area contributed by atoms with Crippen molar-refractivity contribution in [3.8, 4) is 0 Å². The topological polar surface area (TPSA) is 98.2 Å². The van der Waals surface area contributed by atoms with Crippen molar-refractivity contribution < 1.29 is 14.7 Å². The first kappa shape index (κ1) is 12.7. The number of imidazole rings is 1. The molecule has 6 nitrogen and oxygen atoms in total. The van der Waals surface area contributed by atoms with E-state index in [1.54, 1.807) is 18.2 Å². The number of carboxylic acid groups (broad SMARTS) is 1. The van der Waals surface area contributed by atoms with Crippen LogP contribution in [0.25, 0.3) is 11.0 Å². The van der Waals surface area contributed by atoms with Gasteiger partial charge in [-0.2, -0.15) is 0 Å². The van der Waals surface area contributed by atoms with E-state index in [9.17, 15) is 9.59 Å². The number of aromatic carboxylic acids is 1. The predicted molar refractivity (Wildman–Crippen MR) is 72.5 cm³/mol. The molecule has 1 aromatic carbocycles. The number of primary amides is 1. The Morgan fingerprint density at radius 1 is 1.40 bits per heavy atom. The van der Waals surface area contributed by atoms with Crippen LogP contribution >= 0.6 is 0 Å². The molecule has 1 saturated carbocycles. The van der Waals surface area contributed by atoms with E-state index in [-0.39, 0.29) is 17.9 Å². The number of rotatable bonds is 5. The van der Waals surface area contributed by atoms with Crippen LogP contribution in [-0.2, 0) is 11.3 Å². The molecule has 1 aliphatic rings. The smallest absolute Gasteiger partial charge is 0.335 e. The number of carbonyl (C=O) groups is 2. The molecule has 6 heteroatoms. The Kier molecular flexibility index (Phi) is 2.93. The van der Waals surface area contributed by atoms with E-state index >= 15 is 0 Å². The van der Waals surface area contributed by atoms with Gasteiger partial charge in [-0.25, -0.2) is 9.78 Å². The van der Waals surface area contributed by atoms with E-state index in [1.807, 2.05) is 4.57 Å². The van der Waals surface area contributed by atoms with Crippen molar-refractivity contribution in [3.63, 3.8) is 0 Å². The molecule has 0 bridgehead atoms. The molecule has 0 unspecified atom stereocenters. The molecule has 1 heterocycles. The zero-order valence-corrected chi connectivity index (χ0v) is 10.9. The first-order chi connectivity index (χ1) is 9.56. The monoisotopic (exact) mass is 273 g/mol. The van der Waals surface area contributed by atoms with Crippen LogP contribution < -0.4 is 5.73 Å². The third kappa shape index (κ3) is 2.24. The number of hydrogen-bond donors (Lipinski definition) is 2. The normalized spacial score (nSPS) is 14.6. The predicted octanol–water partition coefficient (Wildman–Crippen LogP) is 1.49. The summed E-state index contributed by atoms with van der Waals surface area (Å²) in [5, 5.41) is 9.08. The van der Waals surface area contributed by atoms with Gasteiger partial charge in [0.25, 0.3) is 0 Å². The lowest BCUT2D eigenvalue weighted by Gasteiger charge is -2.07. The second-order valence-electron chi connectivity index (χ2n) is 5.12. The fourth-order valence-corrected chi connectivity index (χ4v) is 2.38. The maximum Gasteiger partial charge on any atom is 0.335 e. The zero-order chi connectivity index (χ0) is 14.3. The van der Waals surface area contributed by atoms with Crippen LogP contribution in [0.1, 0.15) is 41.4 Å². The summed E-state index contributed by atoms with van der Waals surface area (Å²) in [5.74, 6) is 0.0119. The Morgan fingerprint density at radius 2 is 2.15 bits per heavy atom. The number of hydrogen-bond acceptors (Lipinski definition) is 3. The van der Waals surface area contributed by atoms with Gasteiger partial charge in [-0.15, -0.1) is 0 Å². The van der Waals surface area contributed by atoms with E-state index in [0.717, 1.165) is 29.7 Å². The average molecular weight is 273 g/mol. The Morgan fingerprint density at radius 3 is 2.75 bits per heavy atom. The van der Waals surface area contributed by atoms with Gasteiger partial charge in [0.2, 0.25) is 5.91 Å². The van der Waals surface area contributed by atoms with Gasteiger partial charge in [0.05, 0.1) is 16.6 Å². The third-order valence-corrected chi connectivity index (χ3v) is 3.55. The highest BCUT2D eigenvalue weighted by Gasteiger charge is 2.29. The first-order valence-corrected chi connectivity index (χ1v) is 6.58. The van der Waals surface area contributed by atoms with Crippen molar-refractivity contribution in [3.05, 3.63) is 29.6 Å². The molecule has 20 heavy (non-hydrogen) atoms. The molecule has 3 rings (SSSR count). The van der Waals surface area contributed by atoms with E-state index in [4.69, 9.17) is 10.8 Å². The summed E-state index contributed by atoms with van der Waals surface area (Å²) in [7, 11) is 0. The maximum atomic E-state index is 11.1. The fourth-order valence-electron chi connectivity index (χ4n) is 2.38. The molecule has 0 aliphatic heterocycles. The van der Waals surface area contributed by atoms with Crippen molar-refractivity contribution in [1.82, 2.24) is 9.55 Å². The van der Waals surface area contributed by atoms with Gasteiger partial charge < -0.3 is 15.4 Å². The minimum Gasteiger partial charge on any atom is -0.478 e. The SMILES string of the molecule is NC(=O)CCn1c(C2CC2)nc2ccc(C(=O)O)cc21. The van der Waals surface area contributed by atoms with Crippen LogP contribution in [0.5, 0.6) is 0 Å². The largest absolute Gasteiger partial charge is 0.478 e. The quantitative estimate of drug-likeness (QED) is 0.862. The second-order valence-corrected chi connectivity index (χ2v) is 5.12. The highest BCUT2D eigenvalue weighted by molar-refractivity contribution is 5.92. The van der Waals surface area contributed by atoms with Crippen LogP contribution in [0, 0.1) is 0 Å². The lowest BCUT2D eigenvalue weighted by molar-refractivity contribution is -0.118. The molecule has 1 aromatic heterocycles. The summed E-state index contributed by atoms with van der Waals surface area (Å²) in [4.78, 5) is 26.6. The molecule has 104 valence electrons. The molecule has 0 saturated heterocycles. The summed E-state index contributed by atoms with van der Waals surface area (Å²) >= 11 is 0. The van der Waals surface area contributed by atoms with Gasteiger partial charge in [-0.3, -0.25) is 4.79 Å². The van der Waals surface area contributed by atoms with Gasteiger partial charge in [0.15, 0.2) is 0 Å². The Balaban J connectivity index is 2.09. The molecule has 0 atom stereocenters. The standard InChI is InChI=1S/C14H15N3O3/c15-12(18)5-6-17-11-7-9(14(19)20)3-4-10(11)16-13(17)8-1-2-8/h3-4,7-8H,1-2,5-6H2,(H2,15,18)(H,19,20). The van der Waals surface area contributed by atoms with Gasteiger partial charge in [-0.1, -0.05) is 0 Å². The first-order valence-electron chi connectivity index (χ1n) is 6.58. The summed E-state index contributed by atoms with van der Waals surface area (Å²) in [5.41, 5.74) is 6.95. The molecule has 3 N–H and O–H groups in total. The molecule has 1 amide bonds. The second kappa shape index (κ2) is 4.63. The molecule has 1 fully saturated rings. The number of aromatic nitrogens is 2. The molecule has 0 spiro atoms. The van der Waals surface area contributed by atoms with E-state index in [1.165, 1.54) is 0 Å². The van der Waals surface area contributed by atoms with Crippen LogP contribution in [-0.4, -0.2) is 26.5 Å². The summed E-state index contributed by atoms with van der Waals surface area (Å²) in [6, 6.07) is 4.87. The van der Waals surface area contributed by atoms with Gasteiger partial charge in [0, 0.05) is 18.9 Å². The number of fused-ring (bicyclic) bond motifs is 1. The Labute approximate surface area is 115 Å². The number of aryl methyl sites for hydroxylation is 1. The van der Waals surface area contributed by atoms with Gasteiger partial charge in [0.1, 0.15) is 5.82 Å². The fraction of sp³-hybridized carbons (Fsp3) is 0.357. The van der Waals surface area contributed by atoms with Crippen molar-refractivity contribution in [2.24, 2.45) is 5.73 Å². The Hall–Kier alpha value is -2.37. The number of benzene rings is 1. The van der Waals surface area contributed by atoms with Crippen LogP contribution in [0.15, 0.2) is 18.2 Å². The summed E-state index contributed by atoms with van der Waals surface area (Å²) in [6.45, 7) is 0.445. The van der Waals surface area contributed by atoms with Crippen molar-refractivity contribution in [2.75, 3.05) is 0 Å². The maximum absolute atomic E-state index is 11.1. The minimum atomic E-state index is -0.970. The average Bonchev–Trinajstić information content (AvgIpc) is 3.17. The summed E-state index contributed by atoms with van der Waals surface area (Å²) < 4.78 is 1.93. The molecular formula is C14H15N3O3. The molecular weight excluding hydrogens is 258 g/mol. The van der Waals surface area contributed by atoms with Crippen LogP contribution in [0.2, 0.25) is 0 Å². The number of nitrogens with zero attached hydrogens (tertiary/aromatic N) is 2. The van der Waals surface area contributed by atoms with Crippen LogP contribution in [0.4, 0.5) is 0 Å². The van der Waals surface area contributed by atoms with E-state index in [2.05, 4.69) is 4.98 Å². The number of nitrogens with two attached hydrogens (primary N) is 1. The molecule has 2 aromatic rings. The number of carboxylic acids is 1. The van der Waals surface area contributed by atoms with Crippen molar-refractivity contribution >= 4 is 22.9 Å². The highest BCUT2D eigenvalue weighted by atomic mass is 16.4. The zero-order valence-electron chi connectivity index (χ0n) is 10.9. The number of amides is 1. The number of carbonyl (C=O) groups excluding carboxylic acids is 1. The van der Waals surface area contributed by atoms with Gasteiger partial charge >= 0.3 is 5.97 Å². The van der Waals surface area contributed by atoms with Crippen molar-refractivity contribution in [1.29, 1.82) is 0 Å². The Bertz CT molecular complexity index is 701. The molecule has 0 radical (unpaired) electrons. The van der Waals surface area contributed by atoms with Crippen molar-refractivity contribution in [2.45, 2.75) is 31.7 Å². The lowest BCUT2D eigenvalue weighted by Crippen LogP contribution is -2.15. The highest BCUT2D eigenvalue weighted by Crippen LogP contribution is 2.40. The minimum absolute atomic E-state index is 0.222. The van der Waals surface area contributed by atoms with E-state index < -0.39 is 5.97 Å². The third-order valence-electron chi connectivity index (χ3n) is 3.55. The lowest BCUT2D eigenvalue weighted by atomic mass is 10.2. The van der Waals surface area contributed by atoms with Crippen LogP contribution in [0.3, 0.4) is 0 Å².